The van der Waals surface area contributed by atoms with Crippen molar-refractivity contribution >= 4 is 5.91 Å². The molecule has 0 heterocycles. The van der Waals surface area contributed by atoms with Crippen LogP contribution < -0.4 is 14.2 Å². The Morgan fingerprint density at radius 3 is 2.27 bits per heavy atom. The minimum absolute atomic E-state index is 0.0786. The van der Waals surface area contributed by atoms with E-state index in [1.807, 2.05) is 6.07 Å². The zero-order chi connectivity index (χ0) is 19.1. The molecule has 26 heavy (non-hydrogen) atoms. The van der Waals surface area contributed by atoms with Crippen LogP contribution in [0.1, 0.15) is 17.5 Å². The summed E-state index contributed by atoms with van der Waals surface area (Å²) < 4.78 is 29.8. The number of nitrogens with zero attached hydrogens (tertiary/aromatic N) is 1. The highest BCUT2D eigenvalue weighted by Gasteiger charge is 2.18. The van der Waals surface area contributed by atoms with Crippen LogP contribution >= 0.6 is 0 Å². The summed E-state index contributed by atoms with van der Waals surface area (Å²) in [4.78, 5) is 13.9. The quantitative estimate of drug-likeness (QED) is 0.723. The topological polar surface area (TPSA) is 48.0 Å². The Labute approximate surface area is 153 Å². The van der Waals surface area contributed by atoms with Gasteiger partial charge in [0.2, 0.25) is 11.7 Å². The summed E-state index contributed by atoms with van der Waals surface area (Å²) >= 11 is 0. The van der Waals surface area contributed by atoms with Crippen LogP contribution in [0.15, 0.2) is 36.4 Å². The van der Waals surface area contributed by atoms with Crippen LogP contribution in [0.3, 0.4) is 0 Å². The first-order chi connectivity index (χ1) is 12.5. The number of amides is 1. The highest BCUT2D eigenvalue weighted by atomic mass is 19.1. The Kier molecular flexibility index (Phi) is 6.83. The minimum Gasteiger partial charge on any atom is -0.493 e. The molecule has 0 unspecified atom stereocenters. The number of halogens is 1. The first kappa shape index (κ1) is 19.6. The molecule has 5 nitrogen and oxygen atoms in total. The van der Waals surface area contributed by atoms with Crippen molar-refractivity contribution in [2.45, 2.75) is 19.4 Å². The third-order valence-electron chi connectivity index (χ3n) is 4.19. The van der Waals surface area contributed by atoms with Crippen molar-refractivity contribution in [2.24, 2.45) is 0 Å². The van der Waals surface area contributed by atoms with E-state index in [4.69, 9.17) is 14.2 Å². The molecule has 2 aromatic rings. The third-order valence-corrected chi connectivity index (χ3v) is 4.19. The molecular formula is C20H24FNO4. The average molecular weight is 361 g/mol. The number of hydrogen-bond donors (Lipinski definition) is 0. The lowest BCUT2D eigenvalue weighted by Crippen LogP contribution is -2.26. The highest BCUT2D eigenvalue weighted by Crippen LogP contribution is 2.40. The van der Waals surface area contributed by atoms with E-state index in [2.05, 4.69) is 0 Å². The largest absolute Gasteiger partial charge is 0.493 e. The molecule has 0 aliphatic rings. The number of carbonyl (C=O) groups excluding carboxylic acids is 1. The van der Waals surface area contributed by atoms with E-state index in [1.165, 1.54) is 18.1 Å². The average Bonchev–Trinajstić information content (AvgIpc) is 2.66. The van der Waals surface area contributed by atoms with Gasteiger partial charge in [0, 0.05) is 25.6 Å². The maximum Gasteiger partial charge on any atom is 0.222 e. The second-order valence-corrected chi connectivity index (χ2v) is 5.83. The van der Waals surface area contributed by atoms with Gasteiger partial charge in [-0.05, 0) is 24.1 Å². The number of ether oxygens (including phenoxy) is 3. The molecule has 140 valence electrons. The van der Waals surface area contributed by atoms with Gasteiger partial charge in [-0.15, -0.1) is 0 Å². The lowest BCUT2D eigenvalue weighted by molar-refractivity contribution is -0.130. The molecule has 0 aliphatic carbocycles. The fraction of sp³-hybridized carbons (Fsp3) is 0.350. The predicted octanol–water partition coefficient (Wildman–Crippen LogP) is 3.44. The van der Waals surface area contributed by atoms with Crippen molar-refractivity contribution in [1.29, 1.82) is 0 Å². The number of benzene rings is 2. The van der Waals surface area contributed by atoms with Gasteiger partial charge in [-0.2, -0.15) is 0 Å². The van der Waals surface area contributed by atoms with Crippen molar-refractivity contribution in [1.82, 2.24) is 4.90 Å². The first-order valence-corrected chi connectivity index (χ1v) is 8.27. The smallest absolute Gasteiger partial charge is 0.222 e. The molecule has 0 atom stereocenters. The SMILES string of the molecule is COc1ccc(CCC(=O)N(C)Cc2ccccc2F)c(OC)c1OC. The van der Waals surface area contributed by atoms with E-state index in [9.17, 15) is 9.18 Å². The molecule has 1 amide bonds. The molecule has 0 spiro atoms. The monoisotopic (exact) mass is 361 g/mol. The molecule has 0 bridgehead atoms. The van der Waals surface area contributed by atoms with E-state index in [1.54, 1.807) is 45.5 Å². The second kappa shape index (κ2) is 9.08. The van der Waals surface area contributed by atoms with Crippen LogP contribution in [0.25, 0.3) is 0 Å². The molecule has 2 rings (SSSR count). The van der Waals surface area contributed by atoms with Crippen LogP contribution in [-0.4, -0.2) is 39.2 Å². The summed E-state index contributed by atoms with van der Waals surface area (Å²) in [5, 5.41) is 0. The number of rotatable bonds is 8. The van der Waals surface area contributed by atoms with Crippen LogP contribution in [0, 0.1) is 5.82 Å². The minimum atomic E-state index is -0.311. The molecule has 6 heteroatoms. The van der Waals surface area contributed by atoms with Gasteiger partial charge >= 0.3 is 0 Å². The molecule has 0 N–H and O–H groups in total. The number of aryl methyl sites for hydroxylation is 1. The van der Waals surface area contributed by atoms with Gasteiger partial charge in [0.1, 0.15) is 5.82 Å². The van der Waals surface area contributed by atoms with E-state index < -0.39 is 0 Å². The Morgan fingerprint density at radius 2 is 1.65 bits per heavy atom. The summed E-state index contributed by atoms with van der Waals surface area (Å²) in [5.74, 6) is 1.23. The van der Waals surface area contributed by atoms with Gasteiger partial charge in [0.15, 0.2) is 11.5 Å². The molecule has 0 saturated heterocycles. The van der Waals surface area contributed by atoms with Gasteiger partial charge in [-0.25, -0.2) is 4.39 Å². The Morgan fingerprint density at radius 1 is 0.962 bits per heavy atom. The molecule has 0 radical (unpaired) electrons. The zero-order valence-corrected chi connectivity index (χ0v) is 15.5. The number of hydrogen-bond acceptors (Lipinski definition) is 4. The van der Waals surface area contributed by atoms with Gasteiger partial charge in [0.05, 0.1) is 21.3 Å². The molecular weight excluding hydrogens is 337 g/mol. The van der Waals surface area contributed by atoms with Crippen LogP contribution in [0.2, 0.25) is 0 Å². The lowest BCUT2D eigenvalue weighted by Gasteiger charge is -2.19. The summed E-state index contributed by atoms with van der Waals surface area (Å²) in [5.41, 5.74) is 1.34. The van der Waals surface area contributed by atoms with Gasteiger partial charge < -0.3 is 19.1 Å². The third kappa shape index (κ3) is 4.45. The van der Waals surface area contributed by atoms with Crippen LogP contribution in [0.4, 0.5) is 4.39 Å². The summed E-state index contributed by atoms with van der Waals surface area (Å²) in [6, 6.07) is 10.1. The maximum atomic E-state index is 13.7. The second-order valence-electron chi connectivity index (χ2n) is 5.83. The highest BCUT2D eigenvalue weighted by molar-refractivity contribution is 5.76. The van der Waals surface area contributed by atoms with Crippen molar-refractivity contribution in [3.8, 4) is 17.2 Å². The maximum absolute atomic E-state index is 13.7. The fourth-order valence-electron chi connectivity index (χ4n) is 2.76. The lowest BCUT2D eigenvalue weighted by atomic mass is 10.1. The van der Waals surface area contributed by atoms with Crippen molar-refractivity contribution in [3.05, 3.63) is 53.3 Å². The van der Waals surface area contributed by atoms with Crippen molar-refractivity contribution in [2.75, 3.05) is 28.4 Å². The fourth-order valence-corrected chi connectivity index (χ4v) is 2.76. The Bertz CT molecular complexity index is 763. The van der Waals surface area contributed by atoms with Crippen LogP contribution in [-0.2, 0) is 17.8 Å². The van der Waals surface area contributed by atoms with Gasteiger partial charge in [-0.1, -0.05) is 24.3 Å². The first-order valence-electron chi connectivity index (χ1n) is 8.27. The molecule has 0 fully saturated rings. The summed E-state index contributed by atoms with van der Waals surface area (Å²) in [6.45, 7) is 0.231. The van der Waals surface area contributed by atoms with E-state index in [0.29, 0.717) is 29.2 Å². The zero-order valence-electron chi connectivity index (χ0n) is 15.5. The molecule has 2 aromatic carbocycles. The summed E-state index contributed by atoms with van der Waals surface area (Å²) in [6.07, 6.45) is 0.751. The van der Waals surface area contributed by atoms with Gasteiger partial charge in [0.25, 0.3) is 0 Å². The van der Waals surface area contributed by atoms with E-state index in [-0.39, 0.29) is 24.7 Å². The van der Waals surface area contributed by atoms with Crippen LogP contribution in [0.5, 0.6) is 17.2 Å². The standard InChI is InChI=1S/C20H24FNO4/c1-22(13-15-7-5-6-8-16(15)21)18(23)12-10-14-9-11-17(24-2)20(26-4)19(14)25-3/h5-9,11H,10,12-13H2,1-4H3. The normalized spacial score (nSPS) is 10.3. The van der Waals surface area contributed by atoms with Crippen molar-refractivity contribution < 1.29 is 23.4 Å². The predicted molar refractivity (Wildman–Crippen MR) is 97.3 cm³/mol. The van der Waals surface area contributed by atoms with Gasteiger partial charge in [-0.3, -0.25) is 4.79 Å². The van der Waals surface area contributed by atoms with E-state index >= 15 is 0 Å². The molecule has 0 saturated carbocycles. The number of methoxy groups -OCH3 is 3. The summed E-state index contributed by atoms with van der Waals surface area (Å²) in [7, 11) is 6.31. The number of carbonyl (C=O) groups is 1. The van der Waals surface area contributed by atoms with Crippen molar-refractivity contribution in [3.63, 3.8) is 0 Å². The van der Waals surface area contributed by atoms with E-state index in [0.717, 1.165) is 5.56 Å². The molecule has 0 aromatic heterocycles. The molecule has 0 aliphatic heterocycles. The Hall–Kier alpha value is -2.76. The Balaban J connectivity index is 2.06.